The number of aryl methyl sites for hydroxylation is 1. The van der Waals surface area contributed by atoms with E-state index in [9.17, 15) is 0 Å². The van der Waals surface area contributed by atoms with Crippen molar-refractivity contribution in [2.75, 3.05) is 25.6 Å². The highest BCUT2D eigenvalue weighted by Gasteiger charge is 2.10. The van der Waals surface area contributed by atoms with Crippen molar-refractivity contribution in [1.29, 1.82) is 0 Å². The van der Waals surface area contributed by atoms with Gasteiger partial charge in [-0.2, -0.15) is 0 Å². The van der Waals surface area contributed by atoms with Crippen LogP contribution < -0.4 is 5.32 Å². The molecule has 0 aliphatic carbocycles. The molecule has 1 N–H and O–H groups in total. The lowest BCUT2D eigenvalue weighted by Gasteiger charge is -2.11. The zero-order chi connectivity index (χ0) is 13.8. The molecule has 6 heteroatoms. The molecule has 0 aliphatic heterocycles. The fraction of sp³-hybridized carbons (Fsp3) is 0.308. The number of ether oxygens (including phenoxy) is 1. The minimum Gasteiger partial charge on any atom is -0.383 e. The molecule has 102 valence electrons. The minimum atomic E-state index is 0.633. The molecule has 0 bridgehead atoms. The van der Waals surface area contributed by atoms with Gasteiger partial charge in [-0.05, 0) is 41.1 Å². The summed E-state index contributed by atoms with van der Waals surface area (Å²) in [4.78, 5) is 4.46. The van der Waals surface area contributed by atoms with Crippen LogP contribution in [0, 0.1) is 6.92 Å². The summed E-state index contributed by atoms with van der Waals surface area (Å²) in [5.74, 6) is 0.789. The van der Waals surface area contributed by atoms with Gasteiger partial charge in [-0.25, -0.2) is 4.98 Å². The summed E-state index contributed by atoms with van der Waals surface area (Å²) in [5.41, 5.74) is 1.94. The average molecular weight is 345 g/mol. The molecular weight excluding hydrogens is 330 g/mol. The standard InChI is InChI=1S/C13H15BrClN3O/c1-9-8-18(13(17-9)16-5-6-19-2)12-4-3-10(15)7-11(12)14/h3-4,7-8H,5-6H2,1-2H3,(H,16,17). The molecular formula is C13H15BrClN3O. The number of benzene rings is 1. The first-order chi connectivity index (χ1) is 9.11. The Morgan fingerprint density at radius 3 is 2.95 bits per heavy atom. The van der Waals surface area contributed by atoms with Gasteiger partial charge in [-0.1, -0.05) is 11.6 Å². The predicted octanol–water partition coefficient (Wildman–Crippen LogP) is 3.65. The first-order valence-electron chi connectivity index (χ1n) is 5.86. The number of anilines is 1. The Hall–Kier alpha value is -1.04. The molecule has 0 fully saturated rings. The lowest BCUT2D eigenvalue weighted by molar-refractivity contribution is 0.210. The zero-order valence-corrected chi connectivity index (χ0v) is 13.1. The Morgan fingerprint density at radius 1 is 1.47 bits per heavy atom. The van der Waals surface area contributed by atoms with Gasteiger partial charge < -0.3 is 10.1 Å². The van der Waals surface area contributed by atoms with Crippen molar-refractivity contribution in [1.82, 2.24) is 9.55 Å². The molecule has 4 nitrogen and oxygen atoms in total. The van der Waals surface area contributed by atoms with E-state index in [1.165, 1.54) is 0 Å². The fourth-order valence-electron chi connectivity index (χ4n) is 1.75. The normalized spacial score (nSPS) is 10.7. The fourth-order valence-corrected chi connectivity index (χ4v) is 2.62. The van der Waals surface area contributed by atoms with Crippen molar-refractivity contribution in [3.63, 3.8) is 0 Å². The third kappa shape index (κ3) is 3.49. The summed E-state index contributed by atoms with van der Waals surface area (Å²) in [5, 5.41) is 3.94. The maximum Gasteiger partial charge on any atom is 0.207 e. The zero-order valence-electron chi connectivity index (χ0n) is 10.8. The predicted molar refractivity (Wildman–Crippen MR) is 81.4 cm³/mol. The number of rotatable bonds is 5. The van der Waals surface area contributed by atoms with Crippen LogP contribution >= 0.6 is 27.5 Å². The van der Waals surface area contributed by atoms with E-state index in [1.54, 1.807) is 7.11 Å². The van der Waals surface area contributed by atoms with Gasteiger partial charge in [0.2, 0.25) is 5.95 Å². The largest absolute Gasteiger partial charge is 0.383 e. The van der Waals surface area contributed by atoms with E-state index in [0.29, 0.717) is 18.2 Å². The van der Waals surface area contributed by atoms with Crippen LogP contribution in [0.25, 0.3) is 5.69 Å². The molecule has 0 unspecified atom stereocenters. The second-order valence-electron chi connectivity index (χ2n) is 4.09. The van der Waals surface area contributed by atoms with Crippen LogP contribution in [0.2, 0.25) is 5.02 Å². The summed E-state index contributed by atoms with van der Waals surface area (Å²) in [6.07, 6.45) is 1.98. The summed E-state index contributed by atoms with van der Waals surface area (Å²) in [7, 11) is 1.68. The van der Waals surface area contributed by atoms with E-state index in [4.69, 9.17) is 16.3 Å². The average Bonchev–Trinajstić information content (AvgIpc) is 2.71. The number of methoxy groups -OCH3 is 1. The molecule has 0 spiro atoms. The lowest BCUT2D eigenvalue weighted by Crippen LogP contribution is -2.11. The Balaban J connectivity index is 2.32. The number of nitrogens with zero attached hydrogens (tertiary/aromatic N) is 2. The van der Waals surface area contributed by atoms with Crippen LogP contribution in [0.1, 0.15) is 5.69 Å². The third-order valence-corrected chi connectivity index (χ3v) is 3.46. The molecule has 2 aromatic rings. The van der Waals surface area contributed by atoms with E-state index in [0.717, 1.165) is 21.8 Å². The quantitative estimate of drug-likeness (QED) is 0.841. The van der Waals surface area contributed by atoms with Crippen LogP contribution in [0.5, 0.6) is 0 Å². The highest BCUT2D eigenvalue weighted by Crippen LogP contribution is 2.27. The summed E-state index contributed by atoms with van der Waals surface area (Å²) >= 11 is 9.49. The van der Waals surface area contributed by atoms with Crippen LogP contribution in [0.15, 0.2) is 28.9 Å². The van der Waals surface area contributed by atoms with Gasteiger partial charge in [0, 0.05) is 29.3 Å². The molecule has 0 radical (unpaired) electrons. The summed E-state index contributed by atoms with van der Waals surface area (Å²) < 4.78 is 7.94. The molecule has 0 saturated carbocycles. The molecule has 0 atom stereocenters. The van der Waals surface area contributed by atoms with Gasteiger partial charge in [0.15, 0.2) is 0 Å². The van der Waals surface area contributed by atoms with Gasteiger partial charge in [0.1, 0.15) is 0 Å². The second kappa shape index (κ2) is 6.41. The maximum absolute atomic E-state index is 5.96. The van der Waals surface area contributed by atoms with Crippen molar-refractivity contribution in [2.24, 2.45) is 0 Å². The van der Waals surface area contributed by atoms with Crippen molar-refractivity contribution in [2.45, 2.75) is 6.92 Å². The number of halogens is 2. The first kappa shape index (κ1) is 14.4. The smallest absolute Gasteiger partial charge is 0.207 e. The first-order valence-corrected chi connectivity index (χ1v) is 7.03. The van der Waals surface area contributed by atoms with Gasteiger partial charge in [-0.15, -0.1) is 0 Å². The highest BCUT2D eigenvalue weighted by atomic mass is 79.9. The molecule has 0 saturated heterocycles. The molecule has 1 heterocycles. The van der Waals surface area contributed by atoms with E-state index in [1.807, 2.05) is 35.9 Å². The lowest BCUT2D eigenvalue weighted by atomic mass is 10.3. The monoisotopic (exact) mass is 343 g/mol. The van der Waals surface area contributed by atoms with Gasteiger partial charge in [-0.3, -0.25) is 4.57 Å². The van der Waals surface area contributed by atoms with Gasteiger partial charge in [0.25, 0.3) is 0 Å². The molecule has 1 aromatic carbocycles. The minimum absolute atomic E-state index is 0.633. The third-order valence-electron chi connectivity index (χ3n) is 2.58. The molecule has 19 heavy (non-hydrogen) atoms. The van der Waals surface area contributed by atoms with Crippen molar-refractivity contribution < 1.29 is 4.74 Å². The van der Waals surface area contributed by atoms with E-state index < -0.39 is 0 Å². The van der Waals surface area contributed by atoms with Crippen LogP contribution in [0.3, 0.4) is 0 Å². The van der Waals surface area contributed by atoms with Crippen LogP contribution in [0.4, 0.5) is 5.95 Å². The second-order valence-corrected chi connectivity index (χ2v) is 5.38. The number of nitrogens with one attached hydrogen (secondary N) is 1. The Morgan fingerprint density at radius 2 is 2.26 bits per heavy atom. The Kier molecular flexibility index (Phi) is 4.85. The number of aromatic nitrogens is 2. The van der Waals surface area contributed by atoms with E-state index in [-0.39, 0.29) is 0 Å². The van der Waals surface area contributed by atoms with E-state index >= 15 is 0 Å². The highest BCUT2D eigenvalue weighted by molar-refractivity contribution is 9.10. The molecule has 1 aromatic heterocycles. The molecule has 2 rings (SSSR count). The Bertz CT molecular complexity index is 571. The Labute approximate surface area is 125 Å². The summed E-state index contributed by atoms with van der Waals surface area (Å²) in [6.45, 7) is 3.30. The topological polar surface area (TPSA) is 39.1 Å². The van der Waals surface area contributed by atoms with Crippen molar-refractivity contribution in [3.8, 4) is 5.69 Å². The molecule has 0 amide bonds. The number of hydrogen-bond acceptors (Lipinski definition) is 3. The van der Waals surface area contributed by atoms with Crippen molar-refractivity contribution >= 4 is 33.5 Å². The van der Waals surface area contributed by atoms with Crippen molar-refractivity contribution in [3.05, 3.63) is 39.6 Å². The summed E-state index contributed by atoms with van der Waals surface area (Å²) in [6, 6.07) is 5.68. The van der Waals surface area contributed by atoms with E-state index in [2.05, 4.69) is 26.2 Å². The van der Waals surface area contributed by atoms with Crippen LogP contribution in [-0.2, 0) is 4.74 Å². The van der Waals surface area contributed by atoms with Gasteiger partial charge >= 0.3 is 0 Å². The van der Waals surface area contributed by atoms with Crippen LogP contribution in [-0.4, -0.2) is 29.8 Å². The maximum atomic E-state index is 5.96. The van der Waals surface area contributed by atoms with Gasteiger partial charge in [0.05, 0.1) is 18.0 Å². The number of imidazole rings is 1. The molecule has 0 aliphatic rings. The number of hydrogen-bond donors (Lipinski definition) is 1. The SMILES string of the molecule is COCCNc1nc(C)cn1-c1ccc(Cl)cc1Br.